The molecular formula is C21H17ClN2O. The van der Waals surface area contributed by atoms with E-state index in [0.29, 0.717) is 11.6 Å². The molecule has 1 heterocycles. The van der Waals surface area contributed by atoms with Gasteiger partial charge in [-0.15, -0.1) is 0 Å². The van der Waals surface area contributed by atoms with Crippen LogP contribution in [0, 0.1) is 0 Å². The first-order valence-corrected chi connectivity index (χ1v) is 8.47. The van der Waals surface area contributed by atoms with Gasteiger partial charge < -0.3 is 9.30 Å². The van der Waals surface area contributed by atoms with Crippen LogP contribution in [0.2, 0.25) is 5.02 Å². The molecule has 0 aliphatic carbocycles. The first-order chi connectivity index (χ1) is 12.3. The van der Waals surface area contributed by atoms with E-state index < -0.39 is 0 Å². The number of nitrogens with zero attached hydrogens (tertiary/aromatic N) is 2. The second-order valence-corrected chi connectivity index (χ2v) is 6.25. The maximum Gasteiger partial charge on any atom is 0.142 e. The zero-order chi connectivity index (χ0) is 17.2. The quantitative estimate of drug-likeness (QED) is 0.492. The fraction of sp³-hybridized carbons (Fsp3) is 0.0952. The molecule has 4 rings (SSSR count). The van der Waals surface area contributed by atoms with Crippen molar-refractivity contribution in [2.75, 3.05) is 7.11 Å². The Morgan fingerprint density at radius 1 is 0.920 bits per heavy atom. The molecule has 3 nitrogen and oxygen atoms in total. The van der Waals surface area contributed by atoms with Gasteiger partial charge in [-0.05, 0) is 42.0 Å². The minimum Gasteiger partial charge on any atom is -0.497 e. The predicted molar refractivity (Wildman–Crippen MR) is 102 cm³/mol. The number of rotatable bonds is 4. The van der Waals surface area contributed by atoms with Crippen LogP contribution < -0.4 is 4.74 Å². The first kappa shape index (κ1) is 15.7. The van der Waals surface area contributed by atoms with Gasteiger partial charge in [0.15, 0.2) is 0 Å². The highest BCUT2D eigenvalue weighted by molar-refractivity contribution is 6.33. The van der Waals surface area contributed by atoms with Gasteiger partial charge in [0.2, 0.25) is 0 Å². The summed E-state index contributed by atoms with van der Waals surface area (Å²) in [6.07, 6.45) is 0. The summed E-state index contributed by atoms with van der Waals surface area (Å²) in [6.45, 7) is 0.713. The monoisotopic (exact) mass is 348 g/mol. The fourth-order valence-corrected chi connectivity index (χ4v) is 3.22. The van der Waals surface area contributed by atoms with E-state index in [-0.39, 0.29) is 0 Å². The van der Waals surface area contributed by atoms with Gasteiger partial charge in [-0.1, -0.05) is 48.0 Å². The molecule has 0 radical (unpaired) electrons. The van der Waals surface area contributed by atoms with Crippen LogP contribution in [0.1, 0.15) is 5.56 Å². The number of methoxy groups -OCH3 is 1. The molecule has 0 fully saturated rings. The number of hydrogen-bond donors (Lipinski definition) is 0. The summed E-state index contributed by atoms with van der Waals surface area (Å²) >= 11 is 6.43. The van der Waals surface area contributed by atoms with Crippen molar-refractivity contribution in [2.45, 2.75) is 6.54 Å². The highest BCUT2D eigenvalue weighted by Gasteiger charge is 2.14. The summed E-state index contributed by atoms with van der Waals surface area (Å²) in [5.74, 6) is 1.73. The number of aromatic nitrogens is 2. The molecule has 0 aliphatic heterocycles. The van der Waals surface area contributed by atoms with Gasteiger partial charge >= 0.3 is 0 Å². The molecule has 25 heavy (non-hydrogen) atoms. The molecule has 0 aliphatic rings. The Morgan fingerprint density at radius 2 is 1.64 bits per heavy atom. The number of fused-ring (bicyclic) bond motifs is 1. The molecule has 4 aromatic rings. The van der Waals surface area contributed by atoms with Crippen molar-refractivity contribution in [1.82, 2.24) is 9.55 Å². The number of ether oxygens (including phenoxy) is 1. The van der Waals surface area contributed by atoms with Gasteiger partial charge in [0.25, 0.3) is 0 Å². The number of hydrogen-bond acceptors (Lipinski definition) is 2. The minimum absolute atomic E-state index is 0.703. The topological polar surface area (TPSA) is 27.1 Å². The van der Waals surface area contributed by atoms with Crippen LogP contribution in [0.25, 0.3) is 22.4 Å². The normalized spacial score (nSPS) is 11.0. The Hall–Kier alpha value is -2.78. The SMILES string of the molecule is COc1ccc(Cn2c(-c3ccccc3Cl)nc3ccccc32)cc1. The van der Waals surface area contributed by atoms with Gasteiger partial charge in [-0.2, -0.15) is 0 Å². The van der Waals surface area contributed by atoms with Crippen molar-refractivity contribution in [1.29, 1.82) is 0 Å². The van der Waals surface area contributed by atoms with Crippen molar-refractivity contribution < 1.29 is 4.74 Å². The number of benzene rings is 3. The van der Waals surface area contributed by atoms with Crippen molar-refractivity contribution in [3.8, 4) is 17.1 Å². The second kappa shape index (κ2) is 6.61. The van der Waals surface area contributed by atoms with Crippen LogP contribution in [0.5, 0.6) is 5.75 Å². The van der Waals surface area contributed by atoms with Crippen molar-refractivity contribution in [3.05, 3.63) is 83.4 Å². The average Bonchev–Trinajstić information content (AvgIpc) is 3.01. The van der Waals surface area contributed by atoms with Gasteiger partial charge in [0.1, 0.15) is 11.6 Å². The summed E-state index contributed by atoms with van der Waals surface area (Å²) in [5, 5.41) is 0.703. The third kappa shape index (κ3) is 2.99. The molecule has 0 bridgehead atoms. The lowest BCUT2D eigenvalue weighted by atomic mass is 10.2. The summed E-state index contributed by atoms with van der Waals surface area (Å²) < 4.78 is 7.45. The summed E-state index contributed by atoms with van der Waals surface area (Å²) in [4.78, 5) is 4.83. The zero-order valence-corrected chi connectivity index (χ0v) is 14.6. The zero-order valence-electron chi connectivity index (χ0n) is 13.8. The maximum atomic E-state index is 6.43. The lowest BCUT2D eigenvalue weighted by Crippen LogP contribution is -2.02. The molecule has 3 aromatic carbocycles. The third-order valence-corrected chi connectivity index (χ3v) is 4.60. The number of para-hydroxylation sites is 2. The van der Waals surface area contributed by atoms with Crippen LogP contribution >= 0.6 is 11.6 Å². The summed E-state index contributed by atoms with van der Waals surface area (Å²) in [5.41, 5.74) is 4.17. The summed E-state index contributed by atoms with van der Waals surface area (Å²) in [6, 6.07) is 24.1. The maximum absolute atomic E-state index is 6.43. The van der Waals surface area contributed by atoms with E-state index in [1.807, 2.05) is 54.6 Å². The van der Waals surface area contributed by atoms with E-state index in [0.717, 1.165) is 28.2 Å². The minimum atomic E-state index is 0.703. The summed E-state index contributed by atoms with van der Waals surface area (Å²) in [7, 11) is 1.67. The highest BCUT2D eigenvalue weighted by atomic mass is 35.5. The molecule has 0 amide bonds. The van der Waals surface area contributed by atoms with Gasteiger partial charge in [0, 0.05) is 12.1 Å². The van der Waals surface area contributed by atoms with E-state index in [1.54, 1.807) is 7.11 Å². The third-order valence-electron chi connectivity index (χ3n) is 4.27. The molecule has 124 valence electrons. The molecule has 1 aromatic heterocycles. The standard InChI is InChI=1S/C21H17ClN2O/c1-25-16-12-10-15(11-13-16)14-24-20-9-5-4-8-19(20)23-21(24)17-6-2-3-7-18(17)22/h2-13H,14H2,1H3. The molecule has 0 unspecified atom stereocenters. The molecule has 0 atom stereocenters. The largest absolute Gasteiger partial charge is 0.497 e. The van der Waals surface area contributed by atoms with Crippen molar-refractivity contribution in [2.24, 2.45) is 0 Å². The number of imidazole rings is 1. The van der Waals surface area contributed by atoms with E-state index >= 15 is 0 Å². The number of halogens is 1. The Balaban J connectivity index is 1.86. The van der Waals surface area contributed by atoms with Crippen LogP contribution in [-0.2, 0) is 6.54 Å². The Morgan fingerprint density at radius 3 is 2.40 bits per heavy atom. The van der Waals surface area contributed by atoms with E-state index in [2.05, 4.69) is 22.8 Å². The molecular weight excluding hydrogens is 332 g/mol. The van der Waals surface area contributed by atoms with E-state index in [4.69, 9.17) is 21.3 Å². The lowest BCUT2D eigenvalue weighted by molar-refractivity contribution is 0.414. The molecule has 4 heteroatoms. The van der Waals surface area contributed by atoms with Crippen LogP contribution in [0.4, 0.5) is 0 Å². The van der Waals surface area contributed by atoms with Gasteiger partial charge in [-0.25, -0.2) is 4.98 Å². The second-order valence-electron chi connectivity index (χ2n) is 5.84. The highest BCUT2D eigenvalue weighted by Crippen LogP contribution is 2.30. The first-order valence-electron chi connectivity index (χ1n) is 8.09. The molecule has 0 saturated heterocycles. The Bertz CT molecular complexity index is 1020. The van der Waals surface area contributed by atoms with Crippen molar-refractivity contribution >= 4 is 22.6 Å². The van der Waals surface area contributed by atoms with Crippen LogP contribution in [0.3, 0.4) is 0 Å². The van der Waals surface area contributed by atoms with Crippen molar-refractivity contribution in [3.63, 3.8) is 0 Å². The Labute approximate surface area is 151 Å². The molecule has 0 saturated carbocycles. The fourth-order valence-electron chi connectivity index (χ4n) is 3.00. The average molecular weight is 349 g/mol. The Kier molecular flexibility index (Phi) is 4.16. The van der Waals surface area contributed by atoms with Crippen LogP contribution in [0.15, 0.2) is 72.8 Å². The van der Waals surface area contributed by atoms with E-state index in [1.165, 1.54) is 5.56 Å². The predicted octanol–water partition coefficient (Wildman–Crippen LogP) is 5.41. The smallest absolute Gasteiger partial charge is 0.142 e. The molecule has 0 spiro atoms. The van der Waals surface area contributed by atoms with Crippen LogP contribution in [-0.4, -0.2) is 16.7 Å². The van der Waals surface area contributed by atoms with Gasteiger partial charge in [0.05, 0.1) is 23.2 Å². The lowest BCUT2D eigenvalue weighted by Gasteiger charge is -2.11. The van der Waals surface area contributed by atoms with Gasteiger partial charge in [-0.3, -0.25) is 0 Å². The van der Waals surface area contributed by atoms with E-state index in [9.17, 15) is 0 Å². The molecule has 0 N–H and O–H groups in total.